The molecule has 0 aromatic heterocycles. The Morgan fingerprint density at radius 1 is 0.929 bits per heavy atom. The molecule has 6 nitrogen and oxygen atoms in total. The Hall–Kier alpha value is -3.15. The lowest BCUT2D eigenvalue weighted by molar-refractivity contribution is -0.120. The number of phenolic OH excluding ortho intramolecular Hbond substituents is 1. The highest BCUT2D eigenvalue weighted by molar-refractivity contribution is 6.01. The van der Waals surface area contributed by atoms with E-state index in [-0.39, 0.29) is 23.5 Å². The van der Waals surface area contributed by atoms with Gasteiger partial charge in [0.15, 0.2) is 0 Å². The zero-order chi connectivity index (χ0) is 19.9. The summed E-state index contributed by atoms with van der Waals surface area (Å²) in [5.74, 6) is -0.000464. The molecule has 2 aromatic carbocycles. The lowest BCUT2D eigenvalue weighted by Gasteiger charge is -2.20. The summed E-state index contributed by atoms with van der Waals surface area (Å²) in [6.45, 7) is 1.77. The molecule has 0 spiro atoms. The van der Waals surface area contributed by atoms with Gasteiger partial charge >= 0.3 is 0 Å². The SMILES string of the molecule is C/C(=N\NC(=O)c1ccc(NC(=O)C2CCCCC2)cc1)c1ccc(O)cc1. The van der Waals surface area contributed by atoms with Crippen LogP contribution in [0.3, 0.4) is 0 Å². The summed E-state index contributed by atoms with van der Waals surface area (Å²) in [5, 5.41) is 16.4. The van der Waals surface area contributed by atoms with Crippen LogP contribution in [-0.4, -0.2) is 22.6 Å². The Balaban J connectivity index is 1.56. The summed E-state index contributed by atoms with van der Waals surface area (Å²) < 4.78 is 0. The maximum atomic E-state index is 12.3. The third kappa shape index (κ3) is 5.19. The van der Waals surface area contributed by atoms with Crippen molar-refractivity contribution in [2.75, 3.05) is 5.32 Å². The number of rotatable bonds is 5. The zero-order valence-corrected chi connectivity index (χ0v) is 15.9. The second-order valence-electron chi connectivity index (χ2n) is 7.09. The van der Waals surface area contributed by atoms with Crippen molar-refractivity contribution in [3.63, 3.8) is 0 Å². The second kappa shape index (κ2) is 9.17. The molecule has 0 bridgehead atoms. The van der Waals surface area contributed by atoms with E-state index < -0.39 is 0 Å². The normalized spacial score (nSPS) is 15.1. The number of hydrogen-bond acceptors (Lipinski definition) is 4. The van der Waals surface area contributed by atoms with Crippen LogP contribution in [0.25, 0.3) is 0 Å². The predicted molar refractivity (Wildman–Crippen MR) is 109 cm³/mol. The fraction of sp³-hybridized carbons (Fsp3) is 0.318. The second-order valence-corrected chi connectivity index (χ2v) is 7.09. The number of nitrogens with zero attached hydrogens (tertiary/aromatic N) is 1. The quantitative estimate of drug-likeness (QED) is 0.540. The first-order chi connectivity index (χ1) is 13.5. The van der Waals surface area contributed by atoms with Gasteiger partial charge in [-0.3, -0.25) is 9.59 Å². The minimum absolute atomic E-state index is 0.0611. The first kappa shape index (κ1) is 19.6. The summed E-state index contributed by atoms with van der Waals surface area (Å²) in [6.07, 6.45) is 5.33. The molecule has 0 unspecified atom stereocenters. The average Bonchev–Trinajstić information content (AvgIpc) is 2.73. The molecule has 28 heavy (non-hydrogen) atoms. The predicted octanol–water partition coefficient (Wildman–Crippen LogP) is 4.07. The van der Waals surface area contributed by atoms with E-state index in [2.05, 4.69) is 15.8 Å². The van der Waals surface area contributed by atoms with Gasteiger partial charge in [0, 0.05) is 17.2 Å². The molecule has 0 radical (unpaired) electrons. The standard InChI is InChI=1S/C22H25N3O3/c1-15(16-9-13-20(26)14-10-16)24-25-22(28)18-7-11-19(12-8-18)23-21(27)17-5-3-2-4-6-17/h7-14,17,26H,2-6H2,1H3,(H,23,27)(H,25,28)/b24-15+. The number of phenols is 1. The maximum Gasteiger partial charge on any atom is 0.271 e. The van der Waals surface area contributed by atoms with E-state index in [4.69, 9.17) is 0 Å². The van der Waals surface area contributed by atoms with Gasteiger partial charge in [0.1, 0.15) is 5.75 Å². The van der Waals surface area contributed by atoms with Gasteiger partial charge < -0.3 is 10.4 Å². The van der Waals surface area contributed by atoms with E-state index in [1.165, 1.54) is 6.42 Å². The molecule has 6 heteroatoms. The average molecular weight is 379 g/mol. The monoisotopic (exact) mass is 379 g/mol. The largest absolute Gasteiger partial charge is 0.508 e. The molecule has 0 aliphatic heterocycles. The molecule has 1 aliphatic rings. The minimum atomic E-state index is -0.330. The van der Waals surface area contributed by atoms with Crippen LogP contribution < -0.4 is 10.7 Å². The topological polar surface area (TPSA) is 90.8 Å². The number of anilines is 1. The summed E-state index contributed by atoms with van der Waals surface area (Å²) in [6, 6.07) is 13.4. The smallest absolute Gasteiger partial charge is 0.271 e. The van der Waals surface area contributed by atoms with Crippen molar-refractivity contribution in [1.29, 1.82) is 0 Å². The van der Waals surface area contributed by atoms with Crippen LogP contribution in [0.5, 0.6) is 5.75 Å². The first-order valence-corrected chi connectivity index (χ1v) is 9.58. The van der Waals surface area contributed by atoms with E-state index in [0.717, 1.165) is 31.2 Å². The van der Waals surface area contributed by atoms with Crippen LogP contribution in [0, 0.1) is 5.92 Å². The lowest BCUT2D eigenvalue weighted by atomic mass is 9.88. The van der Waals surface area contributed by atoms with Gasteiger partial charge in [-0.2, -0.15) is 5.10 Å². The molecular weight excluding hydrogens is 354 g/mol. The van der Waals surface area contributed by atoms with Gasteiger partial charge in [-0.25, -0.2) is 5.43 Å². The van der Waals surface area contributed by atoms with Gasteiger partial charge in [-0.05, 0) is 73.9 Å². The Morgan fingerprint density at radius 3 is 2.18 bits per heavy atom. The molecule has 0 saturated heterocycles. The first-order valence-electron chi connectivity index (χ1n) is 9.58. The fourth-order valence-electron chi connectivity index (χ4n) is 3.28. The van der Waals surface area contributed by atoms with Crippen LogP contribution in [-0.2, 0) is 4.79 Å². The van der Waals surface area contributed by atoms with E-state index in [1.807, 2.05) is 0 Å². The molecule has 3 rings (SSSR count). The number of carbonyl (C=O) groups excluding carboxylic acids is 2. The van der Waals surface area contributed by atoms with E-state index >= 15 is 0 Å². The zero-order valence-electron chi connectivity index (χ0n) is 15.9. The lowest BCUT2D eigenvalue weighted by Crippen LogP contribution is -2.24. The Labute approximate surface area is 164 Å². The summed E-state index contributed by atoms with van der Waals surface area (Å²) >= 11 is 0. The molecule has 146 valence electrons. The van der Waals surface area contributed by atoms with Crippen molar-refractivity contribution < 1.29 is 14.7 Å². The Bertz CT molecular complexity index is 852. The highest BCUT2D eigenvalue weighted by atomic mass is 16.3. The van der Waals surface area contributed by atoms with Gasteiger partial charge in [-0.15, -0.1) is 0 Å². The molecule has 0 heterocycles. The molecule has 0 atom stereocenters. The van der Waals surface area contributed by atoms with Crippen LogP contribution in [0.2, 0.25) is 0 Å². The van der Waals surface area contributed by atoms with Crippen LogP contribution in [0.15, 0.2) is 53.6 Å². The minimum Gasteiger partial charge on any atom is -0.508 e. The molecular formula is C22H25N3O3. The maximum absolute atomic E-state index is 12.3. The number of hydrazone groups is 1. The van der Waals surface area contributed by atoms with E-state index in [9.17, 15) is 14.7 Å². The van der Waals surface area contributed by atoms with Crippen LogP contribution >= 0.6 is 0 Å². The van der Waals surface area contributed by atoms with Crippen molar-refractivity contribution in [3.8, 4) is 5.75 Å². The third-order valence-electron chi connectivity index (χ3n) is 5.00. The van der Waals surface area contributed by atoms with Gasteiger partial charge in [0.25, 0.3) is 5.91 Å². The third-order valence-corrected chi connectivity index (χ3v) is 5.00. The number of benzene rings is 2. The van der Waals surface area contributed by atoms with Gasteiger partial charge in [0.2, 0.25) is 5.91 Å². The summed E-state index contributed by atoms with van der Waals surface area (Å²) in [7, 11) is 0. The Kier molecular flexibility index (Phi) is 6.42. The molecule has 1 aliphatic carbocycles. The van der Waals surface area contributed by atoms with E-state index in [1.54, 1.807) is 55.5 Å². The highest BCUT2D eigenvalue weighted by Crippen LogP contribution is 2.25. The van der Waals surface area contributed by atoms with Gasteiger partial charge in [-0.1, -0.05) is 19.3 Å². The highest BCUT2D eigenvalue weighted by Gasteiger charge is 2.21. The van der Waals surface area contributed by atoms with E-state index in [0.29, 0.717) is 17.0 Å². The van der Waals surface area contributed by atoms with Crippen molar-refractivity contribution >= 4 is 23.2 Å². The molecule has 3 N–H and O–H groups in total. The van der Waals surface area contributed by atoms with Crippen molar-refractivity contribution in [1.82, 2.24) is 5.43 Å². The van der Waals surface area contributed by atoms with Crippen molar-refractivity contribution in [2.45, 2.75) is 39.0 Å². The summed E-state index contributed by atoms with van der Waals surface area (Å²) in [5.41, 5.74) is 5.10. The number of amides is 2. The van der Waals surface area contributed by atoms with Crippen molar-refractivity contribution in [2.24, 2.45) is 11.0 Å². The molecule has 2 aromatic rings. The number of hydrogen-bond donors (Lipinski definition) is 3. The summed E-state index contributed by atoms with van der Waals surface area (Å²) in [4.78, 5) is 24.6. The number of aromatic hydroxyl groups is 1. The van der Waals surface area contributed by atoms with Crippen LogP contribution in [0.4, 0.5) is 5.69 Å². The molecule has 1 saturated carbocycles. The number of nitrogens with one attached hydrogen (secondary N) is 2. The molecule has 1 fully saturated rings. The fourth-order valence-corrected chi connectivity index (χ4v) is 3.28. The van der Waals surface area contributed by atoms with Crippen LogP contribution in [0.1, 0.15) is 54.9 Å². The molecule has 2 amide bonds. The number of carbonyl (C=O) groups is 2. The van der Waals surface area contributed by atoms with Crippen molar-refractivity contribution in [3.05, 3.63) is 59.7 Å². The van der Waals surface area contributed by atoms with Gasteiger partial charge in [0.05, 0.1) is 5.71 Å². The Morgan fingerprint density at radius 2 is 1.54 bits per heavy atom.